The van der Waals surface area contributed by atoms with E-state index in [4.69, 9.17) is 18.9 Å². The molecule has 1 fully saturated rings. The number of ether oxygens (including phenoxy) is 4. The van der Waals surface area contributed by atoms with Crippen LogP contribution >= 0.6 is 0 Å². The summed E-state index contributed by atoms with van der Waals surface area (Å²) < 4.78 is 21.8. The Labute approximate surface area is 295 Å². The van der Waals surface area contributed by atoms with E-state index in [-0.39, 0.29) is 44.4 Å². The summed E-state index contributed by atoms with van der Waals surface area (Å²) in [7, 11) is 1.56. The second kappa shape index (κ2) is 19.5. The van der Waals surface area contributed by atoms with Crippen molar-refractivity contribution in [3.63, 3.8) is 0 Å². The third-order valence-corrected chi connectivity index (χ3v) is 9.31. The van der Waals surface area contributed by atoms with Crippen LogP contribution in [0.25, 0.3) is 0 Å². The zero-order chi connectivity index (χ0) is 35.1. The molecule has 4 atom stereocenters. The quantitative estimate of drug-likeness (QED) is 0.163. The van der Waals surface area contributed by atoms with Crippen LogP contribution in [0.4, 0.5) is 0 Å². The molecule has 11 heteroatoms. The first-order chi connectivity index (χ1) is 24.4. The monoisotopic (exact) mass is 689 g/mol. The first-order valence-electron chi connectivity index (χ1n) is 17.6. The van der Waals surface area contributed by atoms with E-state index in [0.717, 1.165) is 60.9 Å². The molecular formula is C39H51N3O8. The van der Waals surface area contributed by atoms with Crippen LogP contribution in [0.2, 0.25) is 0 Å². The molecule has 270 valence electrons. The van der Waals surface area contributed by atoms with Crippen molar-refractivity contribution in [1.29, 1.82) is 0 Å². The van der Waals surface area contributed by atoms with E-state index in [0.29, 0.717) is 26.1 Å². The number of methoxy groups -OCH3 is 1. The molecule has 1 heterocycles. The van der Waals surface area contributed by atoms with Gasteiger partial charge >= 0.3 is 0 Å². The maximum atomic E-state index is 14.1. The van der Waals surface area contributed by atoms with Crippen LogP contribution in [0.1, 0.15) is 41.1 Å². The normalized spacial score (nSPS) is 18.6. The molecule has 50 heavy (non-hydrogen) atoms. The molecule has 1 saturated heterocycles. The van der Waals surface area contributed by atoms with Gasteiger partial charge in [0.1, 0.15) is 19.0 Å². The highest BCUT2D eigenvalue weighted by Gasteiger charge is 2.38. The third-order valence-electron chi connectivity index (χ3n) is 9.31. The van der Waals surface area contributed by atoms with E-state index >= 15 is 0 Å². The fourth-order valence-electron chi connectivity index (χ4n) is 6.60. The second-order valence-electron chi connectivity index (χ2n) is 12.9. The predicted octanol–water partition coefficient (Wildman–Crippen LogP) is 2.92. The van der Waals surface area contributed by atoms with Crippen LogP contribution < -0.4 is 10.1 Å². The molecule has 0 unspecified atom stereocenters. The highest BCUT2D eigenvalue weighted by molar-refractivity contribution is 5.78. The molecule has 0 aromatic heterocycles. The van der Waals surface area contributed by atoms with Gasteiger partial charge in [-0.1, -0.05) is 66.7 Å². The molecule has 11 nitrogen and oxygen atoms in total. The first-order valence-corrected chi connectivity index (χ1v) is 17.6. The fourth-order valence-corrected chi connectivity index (χ4v) is 6.60. The lowest BCUT2D eigenvalue weighted by atomic mass is 9.97. The number of nitrogens with zero attached hydrogens (tertiary/aromatic N) is 2. The molecule has 5 rings (SSSR count). The molecule has 3 N–H and O–H groups in total. The Bertz CT molecular complexity index is 1470. The molecule has 2 aliphatic rings. The van der Waals surface area contributed by atoms with Gasteiger partial charge in [-0.15, -0.1) is 0 Å². The van der Waals surface area contributed by atoms with Crippen LogP contribution in [-0.2, 0) is 43.2 Å². The van der Waals surface area contributed by atoms with Gasteiger partial charge in [-0.3, -0.25) is 14.5 Å². The topological polar surface area (TPSA) is 130 Å². The Hall–Kier alpha value is -3.84. The summed E-state index contributed by atoms with van der Waals surface area (Å²) in [6.07, 6.45) is -0.759. The van der Waals surface area contributed by atoms with Gasteiger partial charge in [0, 0.05) is 46.1 Å². The average molecular weight is 690 g/mol. The molecule has 0 spiro atoms. The van der Waals surface area contributed by atoms with Crippen LogP contribution in [0.5, 0.6) is 5.75 Å². The lowest BCUT2D eigenvalue weighted by Gasteiger charge is -2.33. The molecule has 2 amide bonds. The van der Waals surface area contributed by atoms with Gasteiger partial charge in [-0.25, -0.2) is 0 Å². The minimum atomic E-state index is -1.00. The van der Waals surface area contributed by atoms with E-state index in [1.54, 1.807) is 12.0 Å². The van der Waals surface area contributed by atoms with Gasteiger partial charge in [-0.05, 0) is 47.2 Å². The highest BCUT2D eigenvalue weighted by Crippen LogP contribution is 2.37. The molecule has 3 aromatic carbocycles. The summed E-state index contributed by atoms with van der Waals surface area (Å²) in [5, 5.41) is 25.5. The molecular weight excluding hydrogens is 638 g/mol. The molecule has 1 aliphatic carbocycles. The molecule has 3 aromatic rings. The second-order valence-corrected chi connectivity index (χ2v) is 12.9. The van der Waals surface area contributed by atoms with Crippen molar-refractivity contribution in [2.24, 2.45) is 0 Å². The van der Waals surface area contributed by atoms with Crippen molar-refractivity contribution in [2.45, 2.75) is 56.5 Å². The predicted molar refractivity (Wildman–Crippen MR) is 189 cm³/mol. The van der Waals surface area contributed by atoms with E-state index in [1.807, 2.05) is 78.9 Å². The van der Waals surface area contributed by atoms with Gasteiger partial charge in [0.15, 0.2) is 0 Å². The summed E-state index contributed by atoms with van der Waals surface area (Å²) in [4.78, 5) is 30.9. The largest absolute Gasteiger partial charge is 0.492 e. The maximum absolute atomic E-state index is 14.1. The summed E-state index contributed by atoms with van der Waals surface area (Å²) in [5.41, 5.74) is 3.80. The number of benzene rings is 3. The van der Waals surface area contributed by atoms with Gasteiger partial charge in [0.25, 0.3) is 0 Å². The summed E-state index contributed by atoms with van der Waals surface area (Å²) in [5.74, 6) is 0.210. The zero-order valence-electron chi connectivity index (χ0n) is 29.0. The van der Waals surface area contributed by atoms with Gasteiger partial charge in [-0.2, -0.15) is 0 Å². The zero-order valence-corrected chi connectivity index (χ0v) is 29.0. The Balaban J connectivity index is 1.25. The van der Waals surface area contributed by atoms with Crippen LogP contribution in [0, 0.1) is 0 Å². The van der Waals surface area contributed by atoms with Crippen molar-refractivity contribution < 1.29 is 38.7 Å². The standard InChI is InChI=1S/C39H51N3O8/c1-47-23-24-49-28-37(45)40-34(25-29-7-3-2-4-8-29)35(43)15-16-38(46)42(39-33-10-6-5-9-31(33)26-36(39)44)27-30-11-13-32(14-12-30)50-22-19-41-17-20-48-21-18-41/h2-14,34-36,39,43-44H,15-28H2,1H3,(H,40,45)/t34-,35-,36+,39-/m0/s1. The van der Waals surface area contributed by atoms with Crippen molar-refractivity contribution in [3.8, 4) is 5.75 Å². The average Bonchev–Trinajstić information content (AvgIpc) is 3.47. The Kier molecular flexibility index (Phi) is 14.6. The van der Waals surface area contributed by atoms with Crippen molar-refractivity contribution in [2.75, 3.05) is 66.4 Å². The smallest absolute Gasteiger partial charge is 0.246 e. The number of hydrogen-bond donors (Lipinski definition) is 3. The van der Waals surface area contributed by atoms with Crippen molar-refractivity contribution in [1.82, 2.24) is 15.1 Å². The van der Waals surface area contributed by atoms with Crippen LogP contribution in [0.15, 0.2) is 78.9 Å². The number of carbonyl (C=O) groups excluding carboxylic acids is 2. The number of rotatable bonds is 19. The minimum absolute atomic E-state index is 0.0286. The summed E-state index contributed by atoms with van der Waals surface area (Å²) in [6.45, 7) is 5.49. The van der Waals surface area contributed by atoms with Crippen molar-refractivity contribution in [3.05, 3.63) is 101 Å². The third kappa shape index (κ3) is 11.1. The number of amides is 2. The van der Waals surface area contributed by atoms with Gasteiger partial charge < -0.3 is 39.4 Å². The molecule has 0 radical (unpaired) electrons. The molecule has 1 aliphatic heterocycles. The Morgan fingerprint density at radius 2 is 1.70 bits per heavy atom. The highest BCUT2D eigenvalue weighted by atomic mass is 16.5. The Morgan fingerprint density at radius 3 is 2.46 bits per heavy atom. The number of carbonyl (C=O) groups is 2. The van der Waals surface area contributed by atoms with E-state index in [1.165, 1.54) is 0 Å². The number of aliphatic hydroxyl groups is 2. The molecule has 0 saturated carbocycles. The van der Waals surface area contributed by atoms with E-state index < -0.39 is 24.3 Å². The van der Waals surface area contributed by atoms with Gasteiger partial charge in [0.05, 0.1) is 50.7 Å². The SMILES string of the molecule is COCCOCC(=O)N[C@@H](Cc1ccccc1)[C@@H](O)CCC(=O)N(Cc1ccc(OCCN2CCOCC2)cc1)[C@H]1c2ccccc2C[C@H]1O. The summed E-state index contributed by atoms with van der Waals surface area (Å²) >= 11 is 0. The first kappa shape index (κ1) is 37.4. The number of fused-ring (bicyclic) bond motifs is 1. The number of morpholine rings is 1. The van der Waals surface area contributed by atoms with Gasteiger partial charge in [0.2, 0.25) is 11.8 Å². The van der Waals surface area contributed by atoms with Crippen molar-refractivity contribution >= 4 is 11.8 Å². The molecule has 0 bridgehead atoms. The maximum Gasteiger partial charge on any atom is 0.246 e. The fraction of sp³-hybridized carbons (Fsp3) is 0.487. The van der Waals surface area contributed by atoms with Crippen LogP contribution in [-0.4, -0.2) is 116 Å². The van der Waals surface area contributed by atoms with Crippen LogP contribution in [0.3, 0.4) is 0 Å². The minimum Gasteiger partial charge on any atom is -0.492 e. The number of nitrogens with one attached hydrogen (secondary N) is 1. The lowest BCUT2D eigenvalue weighted by molar-refractivity contribution is -0.137. The Morgan fingerprint density at radius 1 is 0.960 bits per heavy atom. The number of aliphatic hydroxyl groups excluding tert-OH is 2. The summed E-state index contributed by atoms with van der Waals surface area (Å²) in [6, 6.07) is 24.0. The van der Waals surface area contributed by atoms with E-state index in [9.17, 15) is 19.8 Å². The van der Waals surface area contributed by atoms with E-state index in [2.05, 4.69) is 10.2 Å². The number of hydrogen-bond acceptors (Lipinski definition) is 9. The lowest BCUT2D eigenvalue weighted by Crippen LogP contribution is -2.47.